The first-order valence-corrected chi connectivity index (χ1v) is 5.42. The minimum Gasteiger partial charge on any atom is -0.479 e. The molecule has 18 heavy (non-hydrogen) atoms. The number of ether oxygens (including phenoxy) is 2. The third kappa shape index (κ3) is 3.25. The lowest BCUT2D eigenvalue weighted by molar-refractivity contribution is -0.139. The molecular formula is C14H12O4. The van der Waals surface area contributed by atoms with Crippen LogP contribution in [0.15, 0.2) is 54.6 Å². The molecule has 0 bridgehead atoms. The van der Waals surface area contributed by atoms with Crippen molar-refractivity contribution in [3.8, 4) is 17.2 Å². The number of rotatable bonds is 5. The highest BCUT2D eigenvalue weighted by Gasteiger charge is 2.07. The van der Waals surface area contributed by atoms with E-state index in [-0.39, 0.29) is 0 Å². The number of benzene rings is 2. The Morgan fingerprint density at radius 3 is 2.22 bits per heavy atom. The van der Waals surface area contributed by atoms with Crippen molar-refractivity contribution in [2.24, 2.45) is 0 Å². The molecular weight excluding hydrogens is 232 g/mol. The zero-order valence-corrected chi connectivity index (χ0v) is 9.58. The molecule has 0 aromatic heterocycles. The van der Waals surface area contributed by atoms with Crippen LogP contribution in [-0.4, -0.2) is 17.7 Å². The maximum atomic E-state index is 10.5. The molecule has 0 atom stereocenters. The van der Waals surface area contributed by atoms with Crippen molar-refractivity contribution in [2.75, 3.05) is 6.61 Å². The van der Waals surface area contributed by atoms with Crippen LogP contribution in [0.5, 0.6) is 17.2 Å². The fraction of sp³-hybridized carbons (Fsp3) is 0.0714. The normalized spacial score (nSPS) is 9.78. The first-order valence-electron chi connectivity index (χ1n) is 5.42. The summed E-state index contributed by atoms with van der Waals surface area (Å²) in [4.78, 5) is 10.5. The van der Waals surface area contributed by atoms with E-state index in [9.17, 15) is 4.79 Å². The number of aliphatic carboxylic acids is 1. The van der Waals surface area contributed by atoms with Crippen LogP contribution in [0, 0.1) is 0 Å². The summed E-state index contributed by atoms with van der Waals surface area (Å²) >= 11 is 0. The van der Waals surface area contributed by atoms with Crippen LogP contribution in [0.25, 0.3) is 0 Å². The monoisotopic (exact) mass is 244 g/mol. The van der Waals surface area contributed by atoms with Crippen molar-refractivity contribution in [3.63, 3.8) is 0 Å². The Balaban J connectivity index is 2.14. The smallest absolute Gasteiger partial charge is 0.341 e. The van der Waals surface area contributed by atoms with Crippen LogP contribution in [0.4, 0.5) is 0 Å². The maximum Gasteiger partial charge on any atom is 0.341 e. The van der Waals surface area contributed by atoms with Gasteiger partial charge in [-0.05, 0) is 24.3 Å². The molecule has 4 nitrogen and oxygen atoms in total. The molecule has 0 radical (unpaired) electrons. The maximum absolute atomic E-state index is 10.5. The molecule has 0 saturated heterocycles. The van der Waals surface area contributed by atoms with Gasteiger partial charge in [0, 0.05) is 0 Å². The first kappa shape index (κ1) is 12.0. The van der Waals surface area contributed by atoms with Crippen LogP contribution in [0.1, 0.15) is 0 Å². The van der Waals surface area contributed by atoms with Gasteiger partial charge < -0.3 is 14.6 Å². The Hall–Kier alpha value is -2.49. The van der Waals surface area contributed by atoms with E-state index in [1.54, 1.807) is 24.3 Å². The quantitative estimate of drug-likeness (QED) is 0.878. The van der Waals surface area contributed by atoms with Gasteiger partial charge in [-0.2, -0.15) is 0 Å². The average molecular weight is 244 g/mol. The highest BCUT2D eigenvalue weighted by Crippen LogP contribution is 2.30. The Morgan fingerprint density at radius 2 is 1.56 bits per heavy atom. The largest absolute Gasteiger partial charge is 0.479 e. The molecule has 0 heterocycles. The number of carboxylic acids is 1. The van der Waals surface area contributed by atoms with E-state index in [1.165, 1.54) is 0 Å². The number of hydrogen-bond acceptors (Lipinski definition) is 3. The van der Waals surface area contributed by atoms with Gasteiger partial charge in [-0.1, -0.05) is 30.3 Å². The van der Waals surface area contributed by atoms with Crippen molar-refractivity contribution in [1.29, 1.82) is 0 Å². The summed E-state index contributed by atoms with van der Waals surface area (Å²) < 4.78 is 10.8. The molecule has 1 N–H and O–H groups in total. The highest BCUT2D eigenvalue weighted by molar-refractivity contribution is 5.68. The summed E-state index contributed by atoms with van der Waals surface area (Å²) in [5.74, 6) is 0.544. The number of para-hydroxylation sites is 3. The second-order valence-corrected chi connectivity index (χ2v) is 3.54. The third-order valence-electron chi connectivity index (χ3n) is 2.17. The standard InChI is InChI=1S/C14H12O4/c15-14(16)10-17-12-8-4-5-9-13(12)18-11-6-2-1-3-7-11/h1-9H,10H2,(H,15,16). The minimum absolute atomic E-state index is 0.394. The Kier molecular flexibility index (Phi) is 3.81. The van der Waals surface area contributed by atoms with Gasteiger partial charge >= 0.3 is 5.97 Å². The number of carboxylic acid groups (broad SMARTS) is 1. The molecule has 0 aliphatic rings. The zero-order chi connectivity index (χ0) is 12.8. The Bertz CT molecular complexity index is 522. The molecule has 0 spiro atoms. The minimum atomic E-state index is -1.02. The SMILES string of the molecule is O=C(O)COc1ccccc1Oc1ccccc1. The van der Waals surface area contributed by atoms with E-state index in [4.69, 9.17) is 14.6 Å². The van der Waals surface area contributed by atoms with Gasteiger partial charge in [0.1, 0.15) is 5.75 Å². The summed E-state index contributed by atoms with van der Waals surface area (Å²) in [7, 11) is 0. The summed E-state index contributed by atoms with van der Waals surface area (Å²) in [6.07, 6.45) is 0. The van der Waals surface area contributed by atoms with E-state index < -0.39 is 12.6 Å². The fourth-order valence-electron chi connectivity index (χ4n) is 1.41. The van der Waals surface area contributed by atoms with E-state index >= 15 is 0 Å². The van der Waals surface area contributed by atoms with Gasteiger partial charge in [-0.15, -0.1) is 0 Å². The molecule has 92 valence electrons. The average Bonchev–Trinajstić information content (AvgIpc) is 2.39. The van der Waals surface area contributed by atoms with E-state index in [0.717, 1.165) is 0 Å². The topological polar surface area (TPSA) is 55.8 Å². The predicted molar refractivity (Wildman–Crippen MR) is 66.1 cm³/mol. The van der Waals surface area contributed by atoms with Crippen LogP contribution in [-0.2, 0) is 4.79 Å². The third-order valence-corrected chi connectivity index (χ3v) is 2.17. The lowest BCUT2D eigenvalue weighted by Gasteiger charge is -2.10. The molecule has 0 unspecified atom stereocenters. The van der Waals surface area contributed by atoms with Crippen molar-refractivity contribution in [1.82, 2.24) is 0 Å². The van der Waals surface area contributed by atoms with Gasteiger partial charge in [0.2, 0.25) is 0 Å². The molecule has 4 heteroatoms. The van der Waals surface area contributed by atoms with Crippen molar-refractivity contribution in [2.45, 2.75) is 0 Å². The summed E-state index contributed by atoms with van der Waals surface area (Å²) in [5, 5.41) is 8.59. The van der Waals surface area contributed by atoms with E-state index in [0.29, 0.717) is 17.2 Å². The molecule has 0 amide bonds. The molecule has 0 saturated carbocycles. The molecule has 2 aromatic carbocycles. The number of hydrogen-bond donors (Lipinski definition) is 1. The van der Waals surface area contributed by atoms with Crippen molar-refractivity contribution >= 4 is 5.97 Å². The van der Waals surface area contributed by atoms with Crippen LogP contribution < -0.4 is 9.47 Å². The Morgan fingerprint density at radius 1 is 0.944 bits per heavy atom. The van der Waals surface area contributed by atoms with E-state index in [2.05, 4.69) is 0 Å². The van der Waals surface area contributed by atoms with Gasteiger partial charge in [-0.3, -0.25) is 0 Å². The lowest BCUT2D eigenvalue weighted by atomic mass is 10.3. The summed E-state index contributed by atoms with van der Waals surface area (Å²) in [6, 6.07) is 16.2. The molecule has 2 rings (SSSR count). The first-order chi connectivity index (χ1) is 8.75. The second kappa shape index (κ2) is 5.72. The predicted octanol–water partition coefficient (Wildman–Crippen LogP) is 2.94. The van der Waals surface area contributed by atoms with Crippen LogP contribution in [0.3, 0.4) is 0 Å². The highest BCUT2D eigenvalue weighted by atomic mass is 16.5. The van der Waals surface area contributed by atoms with Gasteiger partial charge in [0.15, 0.2) is 18.1 Å². The summed E-state index contributed by atoms with van der Waals surface area (Å²) in [6.45, 7) is -0.394. The second-order valence-electron chi connectivity index (χ2n) is 3.54. The molecule has 0 aliphatic carbocycles. The van der Waals surface area contributed by atoms with Crippen molar-refractivity contribution < 1.29 is 19.4 Å². The van der Waals surface area contributed by atoms with Crippen molar-refractivity contribution in [3.05, 3.63) is 54.6 Å². The van der Waals surface area contributed by atoms with Gasteiger partial charge in [0.05, 0.1) is 0 Å². The lowest BCUT2D eigenvalue weighted by Crippen LogP contribution is -2.09. The van der Waals surface area contributed by atoms with Crippen LogP contribution >= 0.6 is 0 Å². The summed E-state index contributed by atoms with van der Waals surface area (Å²) in [5.41, 5.74) is 0. The van der Waals surface area contributed by atoms with E-state index in [1.807, 2.05) is 30.3 Å². The van der Waals surface area contributed by atoms with Gasteiger partial charge in [0.25, 0.3) is 0 Å². The molecule has 2 aromatic rings. The van der Waals surface area contributed by atoms with Crippen LogP contribution in [0.2, 0.25) is 0 Å². The number of carbonyl (C=O) groups is 1. The Labute approximate surface area is 104 Å². The fourth-order valence-corrected chi connectivity index (χ4v) is 1.41. The zero-order valence-electron chi connectivity index (χ0n) is 9.58. The molecule has 0 aliphatic heterocycles. The van der Waals surface area contributed by atoms with Gasteiger partial charge in [-0.25, -0.2) is 4.79 Å². The molecule has 0 fully saturated rings.